The van der Waals surface area contributed by atoms with Gasteiger partial charge in [-0.2, -0.15) is 0 Å². The van der Waals surface area contributed by atoms with Crippen molar-refractivity contribution in [2.45, 2.75) is 25.2 Å². The van der Waals surface area contributed by atoms with Crippen molar-refractivity contribution < 1.29 is 13.5 Å². The summed E-state index contributed by atoms with van der Waals surface area (Å²) in [6.07, 6.45) is 0.370. The van der Waals surface area contributed by atoms with Crippen molar-refractivity contribution in [3.05, 3.63) is 29.6 Å². The van der Waals surface area contributed by atoms with E-state index in [2.05, 4.69) is 4.98 Å². The van der Waals surface area contributed by atoms with Crippen LogP contribution in [0.5, 0.6) is 0 Å². The second kappa shape index (κ2) is 4.26. The van der Waals surface area contributed by atoms with Crippen molar-refractivity contribution in [1.82, 2.24) is 4.98 Å². The summed E-state index contributed by atoms with van der Waals surface area (Å²) in [5, 5.41) is 13.6. The minimum atomic E-state index is -3.75. The Kier molecular flexibility index (Phi) is 3.43. The monoisotopic (exact) mass is 230 g/mol. The van der Waals surface area contributed by atoms with Crippen LogP contribution in [0.25, 0.3) is 0 Å². The summed E-state index contributed by atoms with van der Waals surface area (Å²) in [6, 6.07) is 3.34. The van der Waals surface area contributed by atoms with Crippen molar-refractivity contribution in [3.8, 4) is 0 Å². The molecule has 1 aromatic rings. The number of aromatic nitrogens is 1. The summed E-state index contributed by atoms with van der Waals surface area (Å²) in [5.74, 6) is 0. The number of hydrogen-bond donors (Lipinski definition) is 2. The number of aryl methyl sites for hydroxylation is 1. The number of rotatable bonds is 3. The van der Waals surface area contributed by atoms with E-state index in [4.69, 9.17) is 5.14 Å². The number of pyridine rings is 1. The number of sulfonamides is 1. The van der Waals surface area contributed by atoms with Gasteiger partial charge in [-0.15, -0.1) is 0 Å². The molecular weight excluding hydrogens is 216 g/mol. The van der Waals surface area contributed by atoms with E-state index in [0.29, 0.717) is 5.69 Å². The van der Waals surface area contributed by atoms with Gasteiger partial charge in [0.25, 0.3) is 0 Å². The van der Waals surface area contributed by atoms with Crippen LogP contribution in [0.1, 0.15) is 24.3 Å². The van der Waals surface area contributed by atoms with Crippen molar-refractivity contribution in [2.24, 2.45) is 5.14 Å². The van der Waals surface area contributed by atoms with Gasteiger partial charge in [0, 0.05) is 6.20 Å². The first-order valence-electron chi connectivity index (χ1n) is 4.44. The summed E-state index contributed by atoms with van der Waals surface area (Å²) >= 11 is 0. The molecule has 0 aliphatic carbocycles. The number of primary sulfonamides is 1. The van der Waals surface area contributed by atoms with Gasteiger partial charge in [0.2, 0.25) is 10.0 Å². The predicted molar refractivity (Wildman–Crippen MR) is 56.5 cm³/mol. The van der Waals surface area contributed by atoms with Gasteiger partial charge in [-0.3, -0.25) is 4.98 Å². The first-order chi connectivity index (χ1) is 6.82. The zero-order chi connectivity index (χ0) is 11.6. The predicted octanol–water partition coefficient (Wildman–Crippen LogP) is 0.100. The van der Waals surface area contributed by atoms with Gasteiger partial charge in [-0.05, 0) is 25.5 Å². The van der Waals surface area contributed by atoms with Crippen molar-refractivity contribution >= 4 is 10.0 Å². The minimum Gasteiger partial charge on any atom is -0.385 e. The first kappa shape index (κ1) is 12.1. The van der Waals surface area contributed by atoms with Crippen LogP contribution in [0.4, 0.5) is 0 Å². The Balaban J connectivity index is 2.95. The van der Waals surface area contributed by atoms with Crippen LogP contribution in [0.2, 0.25) is 0 Å². The average Bonchev–Trinajstić information content (AvgIpc) is 2.15. The SMILES string of the molecule is Cc1ccc([C@H](O)[C@H](C)S(N)(=O)=O)nc1. The standard InChI is InChI=1S/C9H14N2O3S/c1-6-3-4-8(11-5-6)9(12)7(2)15(10,13)14/h3-5,7,9,12H,1-2H3,(H2,10,13,14)/t7-,9+/m0/s1. The molecule has 0 aromatic carbocycles. The number of aliphatic hydroxyl groups excluding tert-OH is 1. The van der Waals surface area contributed by atoms with E-state index in [-0.39, 0.29) is 0 Å². The van der Waals surface area contributed by atoms with Crippen LogP contribution in [0.15, 0.2) is 18.3 Å². The second-order valence-corrected chi connectivity index (χ2v) is 5.42. The molecule has 0 aliphatic heterocycles. The fraction of sp³-hybridized carbons (Fsp3) is 0.444. The molecule has 0 unspecified atom stereocenters. The van der Waals surface area contributed by atoms with Crippen molar-refractivity contribution in [2.75, 3.05) is 0 Å². The second-order valence-electron chi connectivity index (χ2n) is 3.50. The van der Waals surface area contributed by atoms with Crippen LogP contribution in [0, 0.1) is 6.92 Å². The van der Waals surface area contributed by atoms with E-state index < -0.39 is 21.4 Å². The molecule has 1 rings (SSSR count). The quantitative estimate of drug-likeness (QED) is 0.770. The summed E-state index contributed by atoms with van der Waals surface area (Å²) in [4.78, 5) is 3.94. The maximum atomic E-state index is 11.0. The lowest BCUT2D eigenvalue weighted by molar-refractivity contribution is 0.171. The maximum Gasteiger partial charge on any atom is 0.214 e. The zero-order valence-corrected chi connectivity index (χ0v) is 9.40. The molecule has 0 saturated carbocycles. The molecule has 0 aliphatic rings. The minimum absolute atomic E-state index is 0.308. The molecule has 1 aromatic heterocycles. The molecule has 6 heteroatoms. The smallest absolute Gasteiger partial charge is 0.214 e. The van der Waals surface area contributed by atoms with E-state index in [1.807, 2.05) is 6.92 Å². The van der Waals surface area contributed by atoms with Crippen molar-refractivity contribution in [1.29, 1.82) is 0 Å². The molecule has 0 amide bonds. The van der Waals surface area contributed by atoms with Gasteiger partial charge in [-0.1, -0.05) is 6.07 Å². The maximum absolute atomic E-state index is 11.0. The van der Waals surface area contributed by atoms with E-state index in [1.165, 1.54) is 6.92 Å². The molecule has 0 radical (unpaired) electrons. The molecular formula is C9H14N2O3S. The molecule has 84 valence electrons. The molecule has 0 bridgehead atoms. The molecule has 5 nitrogen and oxygen atoms in total. The zero-order valence-electron chi connectivity index (χ0n) is 8.58. The third-order valence-corrected chi connectivity index (χ3v) is 3.49. The molecule has 1 heterocycles. The Labute approximate surface area is 89.0 Å². The highest BCUT2D eigenvalue weighted by Gasteiger charge is 2.26. The first-order valence-corrected chi connectivity index (χ1v) is 6.05. The highest BCUT2D eigenvalue weighted by molar-refractivity contribution is 7.89. The van der Waals surface area contributed by atoms with Gasteiger partial charge in [0.05, 0.1) is 5.69 Å². The summed E-state index contributed by atoms with van der Waals surface area (Å²) < 4.78 is 22.0. The Morgan fingerprint density at radius 2 is 2.07 bits per heavy atom. The van der Waals surface area contributed by atoms with E-state index >= 15 is 0 Å². The van der Waals surface area contributed by atoms with Crippen LogP contribution in [-0.2, 0) is 10.0 Å². The number of aliphatic hydroxyl groups is 1. The Morgan fingerprint density at radius 1 is 1.47 bits per heavy atom. The molecule has 15 heavy (non-hydrogen) atoms. The van der Waals surface area contributed by atoms with Crippen LogP contribution in [-0.4, -0.2) is 23.8 Å². The summed E-state index contributed by atoms with van der Waals surface area (Å²) in [5.41, 5.74) is 1.25. The fourth-order valence-electron chi connectivity index (χ4n) is 1.07. The Morgan fingerprint density at radius 3 is 2.47 bits per heavy atom. The van der Waals surface area contributed by atoms with Crippen molar-refractivity contribution in [3.63, 3.8) is 0 Å². The average molecular weight is 230 g/mol. The fourth-order valence-corrected chi connectivity index (χ4v) is 1.57. The van der Waals surface area contributed by atoms with E-state index in [0.717, 1.165) is 5.56 Å². The topological polar surface area (TPSA) is 93.3 Å². The van der Waals surface area contributed by atoms with Gasteiger partial charge < -0.3 is 5.11 Å². The number of nitrogens with zero attached hydrogens (tertiary/aromatic N) is 1. The lowest BCUT2D eigenvalue weighted by atomic mass is 10.1. The third-order valence-electron chi connectivity index (χ3n) is 2.20. The van der Waals surface area contributed by atoms with Crippen LogP contribution < -0.4 is 5.14 Å². The Bertz CT molecular complexity index is 427. The normalized spacial score (nSPS) is 16.0. The molecule has 0 spiro atoms. The molecule has 2 atom stereocenters. The summed E-state index contributed by atoms with van der Waals surface area (Å²) in [7, 11) is -3.75. The third kappa shape index (κ3) is 2.98. The van der Waals surface area contributed by atoms with Gasteiger partial charge >= 0.3 is 0 Å². The van der Waals surface area contributed by atoms with E-state index in [1.54, 1.807) is 18.3 Å². The number of nitrogens with two attached hydrogens (primary N) is 1. The van der Waals surface area contributed by atoms with Crippen LogP contribution >= 0.6 is 0 Å². The molecule has 3 N–H and O–H groups in total. The van der Waals surface area contributed by atoms with E-state index in [9.17, 15) is 13.5 Å². The molecule has 0 fully saturated rings. The van der Waals surface area contributed by atoms with Crippen LogP contribution in [0.3, 0.4) is 0 Å². The lowest BCUT2D eigenvalue weighted by Gasteiger charge is -2.16. The van der Waals surface area contributed by atoms with Gasteiger partial charge in [-0.25, -0.2) is 13.6 Å². The Hall–Kier alpha value is -0.980. The molecule has 0 saturated heterocycles. The summed E-state index contributed by atoms with van der Waals surface area (Å²) in [6.45, 7) is 3.20. The van der Waals surface area contributed by atoms with Gasteiger partial charge in [0.15, 0.2) is 0 Å². The highest BCUT2D eigenvalue weighted by atomic mass is 32.2. The largest absolute Gasteiger partial charge is 0.385 e. The highest BCUT2D eigenvalue weighted by Crippen LogP contribution is 2.18. The lowest BCUT2D eigenvalue weighted by Crippen LogP contribution is -2.31. The van der Waals surface area contributed by atoms with Gasteiger partial charge in [0.1, 0.15) is 11.4 Å². The number of hydrogen-bond acceptors (Lipinski definition) is 4.